The van der Waals surface area contributed by atoms with E-state index in [1.807, 2.05) is 20.8 Å². The third kappa shape index (κ3) is 5.26. The second-order valence-electron chi connectivity index (χ2n) is 4.72. The summed E-state index contributed by atoms with van der Waals surface area (Å²) in [5.74, 6) is 0.245. The molecule has 0 aliphatic heterocycles. The summed E-state index contributed by atoms with van der Waals surface area (Å²) in [5, 5.41) is -0.408. The summed E-state index contributed by atoms with van der Waals surface area (Å²) in [6, 6.07) is 0. The van der Waals surface area contributed by atoms with Gasteiger partial charge in [0.15, 0.2) is 9.84 Å². The van der Waals surface area contributed by atoms with E-state index in [9.17, 15) is 8.42 Å². The second kappa shape index (κ2) is 4.42. The van der Waals surface area contributed by atoms with Crippen LogP contribution >= 0.6 is 0 Å². The maximum absolute atomic E-state index is 11.5. The minimum Gasteiger partial charge on any atom is -0.329 e. The molecule has 0 aromatic heterocycles. The summed E-state index contributed by atoms with van der Waals surface area (Å²) in [5.41, 5.74) is 5.39. The summed E-state index contributed by atoms with van der Waals surface area (Å²) >= 11 is 0. The highest BCUT2D eigenvalue weighted by Crippen LogP contribution is 2.20. The van der Waals surface area contributed by atoms with Crippen LogP contribution in [0.3, 0.4) is 0 Å². The molecule has 0 rings (SSSR count). The van der Waals surface area contributed by atoms with Crippen molar-refractivity contribution in [3.8, 4) is 0 Å². The number of rotatable bonds is 4. The lowest BCUT2D eigenvalue weighted by molar-refractivity contribution is 0.396. The van der Waals surface area contributed by atoms with E-state index in [2.05, 4.69) is 0 Å². The predicted octanol–water partition coefficient (Wildman–Crippen LogP) is 1.18. The Hall–Kier alpha value is -0.0900. The van der Waals surface area contributed by atoms with Crippen LogP contribution in [0.25, 0.3) is 0 Å². The zero-order valence-electron chi connectivity index (χ0n) is 9.00. The quantitative estimate of drug-likeness (QED) is 0.753. The number of sulfone groups is 1. The van der Waals surface area contributed by atoms with Crippen LogP contribution in [0.2, 0.25) is 0 Å². The van der Waals surface area contributed by atoms with Crippen molar-refractivity contribution in [2.45, 2.75) is 39.4 Å². The van der Waals surface area contributed by atoms with Crippen molar-refractivity contribution in [1.29, 1.82) is 0 Å². The first-order valence-corrected chi connectivity index (χ1v) is 6.32. The van der Waals surface area contributed by atoms with Gasteiger partial charge in [-0.1, -0.05) is 20.8 Å². The van der Waals surface area contributed by atoms with Gasteiger partial charge >= 0.3 is 0 Å². The summed E-state index contributed by atoms with van der Waals surface area (Å²) < 4.78 is 23.1. The fourth-order valence-corrected chi connectivity index (χ4v) is 2.39. The third-order valence-corrected chi connectivity index (χ3v) is 4.27. The molecule has 1 atom stereocenters. The molecule has 0 aliphatic rings. The van der Waals surface area contributed by atoms with Gasteiger partial charge < -0.3 is 5.73 Å². The van der Waals surface area contributed by atoms with Crippen LogP contribution in [0.15, 0.2) is 0 Å². The SMILES string of the molecule is CC(CN)S(=O)(=O)CCC(C)(C)C. The summed E-state index contributed by atoms with van der Waals surface area (Å²) in [7, 11) is -2.97. The molecule has 0 saturated carbocycles. The van der Waals surface area contributed by atoms with Crippen LogP contribution in [-0.4, -0.2) is 26.0 Å². The van der Waals surface area contributed by atoms with Gasteiger partial charge in [-0.25, -0.2) is 8.42 Å². The zero-order valence-corrected chi connectivity index (χ0v) is 9.82. The van der Waals surface area contributed by atoms with Gasteiger partial charge in [0.05, 0.1) is 11.0 Å². The Kier molecular flexibility index (Phi) is 4.39. The maximum Gasteiger partial charge on any atom is 0.154 e. The Bertz CT molecular complexity index is 239. The molecular formula is C9H21NO2S. The molecule has 0 fully saturated rings. The molecule has 0 aromatic rings. The third-order valence-electron chi connectivity index (χ3n) is 2.08. The molecule has 0 aromatic carbocycles. The molecule has 4 heteroatoms. The Balaban J connectivity index is 4.21. The molecule has 13 heavy (non-hydrogen) atoms. The van der Waals surface area contributed by atoms with Crippen molar-refractivity contribution in [2.75, 3.05) is 12.3 Å². The van der Waals surface area contributed by atoms with E-state index >= 15 is 0 Å². The van der Waals surface area contributed by atoms with Crippen molar-refractivity contribution >= 4 is 9.84 Å². The van der Waals surface area contributed by atoms with Gasteiger partial charge in [-0.15, -0.1) is 0 Å². The molecule has 1 unspecified atom stereocenters. The van der Waals surface area contributed by atoms with Crippen LogP contribution in [0.1, 0.15) is 34.1 Å². The lowest BCUT2D eigenvalue weighted by atomic mass is 9.94. The Morgan fingerprint density at radius 1 is 1.31 bits per heavy atom. The molecule has 0 amide bonds. The largest absolute Gasteiger partial charge is 0.329 e. The van der Waals surface area contributed by atoms with Crippen molar-refractivity contribution < 1.29 is 8.42 Å². The molecule has 2 N–H and O–H groups in total. The van der Waals surface area contributed by atoms with Gasteiger partial charge in [-0.05, 0) is 18.8 Å². The van der Waals surface area contributed by atoms with Crippen molar-refractivity contribution in [1.82, 2.24) is 0 Å². The lowest BCUT2D eigenvalue weighted by Crippen LogP contribution is -2.30. The van der Waals surface area contributed by atoms with Crippen molar-refractivity contribution in [2.24, 2.45) is 11.1 Å². The summed E-state index contributed by atoms with van der Waals surface area (Å²) in [6.07, 6.45) is 0.694. The van der Waals surface area contributed by atoms with E-state index in [-0.39, 0.29) is 17.7 Å². The minimum atomic E-state index is -2.97. The van der Waals surface area contributed by atoms with Crippen LogP contribution in [-0.2, 0) is 9.84 Å². The van der Waals surface area contributed by atoms with E-state index in [1.54, 1.807) is 6.92 Å². The predicted molar refractivity (Wildman–Crippen MR) is 56.4 cm³/mol. The highest BCUT2D eigenvalue weighted by molar-refractivity contribution is 7.92. The normalized spacial score (nSPS) is 15.8. The standard InChI is InChI=1S/C9H21NO2S/c1-8(7-10)13(11,12)6-5-9(2,3)4/h8H,5-7,10H2,1-4H3. The number of hydrogen-bond acceptors (Lipinski definition) is 3. The average Bonchev–Trinajstić information content (AvgIpc) is 1.98. The summed E-state index contributed by atoms with van der Waals surface area (Å²) in [4.78, 5) is 0. The van der Waals surface area contributed by atoms with E-state index in [0.717, 1.165) is 0 Å². The smallest absolute Gasteiger partial charge is 0.154 e. The van der Waals surface area contributed by atoms with Crippen LogP contribution in [0.4, 0.5) is 0 Å². The Morgan fingerprint density at radius 2 is 1.77 bits per heavy atom. The highest BCUT2D eigenvalue weighted by atomic mass is 32.2. The van der Waals surface area contributed by atoms with E-state index in [0.29, 0.717) is 6.42 Å². The van der Waals surface area contributed by atoms with Crippen molar-refractivity contribution in [3.63, 3.8) is 0 Å². The van der Waals surface area contributed by atoms with Gasteiger partial charge in [0.2, 0.25) is 0 Å². The van der Waals surface area contributed by atoms with Crippen LogP contribution in [0, 0.1) is 5.41 Å². The molecule has 0 saturated heterocycles. The maximum atomic E-state index is 11.5. The molecule has 0 spiro atoms. The molecule has 0 aliphatic carbocycles. The first-order chi connectivity index (χ1) is 5.69. The average molecular weight is 207 g/mol. The molecule has 0 bridgehead atoms. The molecule has 0 radical (unpaired) electrons. The fourth-order valence-electron chi connectivity index (χ4n) is 0.796. The highest BCUT2D eigenvalue weighted by Gasteiger charge is 2.22. The van der Waals surface area contributed by atoms with Gasteiger partial charge in [-0.3, -0.25) is 0 Å². The van der Waals surface area contributed by atoms with Gasteiger partial charge in [-0.2, -0.15) is 0 Å². The van der Waals surface area contributed by atoms with E-state index in [4.69, 9.17) is 5.73 Å². The molecular weight excluding hydrogens is 186 g/mol. The van der Waals surface area contributed by atoms with Crippen LogP contribution < -0.4 is 5.73 Å². The lowest BCUT2D eigenvalue weighted by Gasteiger charge is -2.19. The Morgan fingerprint density at radius 3 is 2.08 bits per heavy atom. The molecule has 80 valence electrons. The van der Waals surface area contributed by atoms with Crippen molar-refractivity contribution in [3.05, 3.63) is 0 Å². The first-order valence-electron chi connectivity index (χ1n) is 4.61. The van der Waals surface area contributed by atoms with Gasteiger partial charge in [0.1, 0.15) is 0 Å². The minimum absolute atomic E-state index is 0.0708. The zero-order chi connectivity index (χ0) is 10.7. The topological polar surface area (TPSA) is 60.2 Å². The Labute approximate surface area is 81.6 Å². The van der Waals surface area contributed by atoms with Gasteiger partial charge in [0, 0.05) is 6.54 Å². The number of nitrogens with two attached hydrogens (primary N) is 1. The van der Waals surface area contributed by atoms with E-state index < -0.39 is 15.1 Å². The van der Waals surface area contributed by atoms with E-state index in [1.165, 1.54) is 0 Å². The van der Waals surface area contributed by atoms with Crippen LogP contribution in [0.5, 0.6) is 0 Å². The number of hydrogen-bond donors (Lipinski definition) is 1. The monoisotopic (exact) mass is 207 g/mol. The fraction of sp³-hybridized carbons (Fsp3) is 1.00. The molecule has 3 nitrogen and oxygen atoms in total. The first kappa shape index (κ1) is 12.9. The van der Waals surface area contributed by atoms with Gasteiger partial charge in [0.25, 0.3) is 0 Å². The molecule has 0 heterocycles. The second-order valence-corrected chi connectivity index (χ2v) is 7.26. The summed E-state index contributed by atoms with van der Waals surface area (Å²) in [6.45, 7) is 7.99.